The lowest BCUT2D eigenvalue weighted by Crippen LogP contribution is -2.47. The van der Waals surface area contributed by atoms with Gasteiger partial charge in [-0.25, -0.2) is 8.42 Å². The Balaban J connectivity index is 1.59. The number of hydrogen-bond donors (Lipinski definition) is 1. The van der Waals surface area contributed by atoms with E-state index in [1.807, 2.05) is 25.1 Å². The van der Waals surface area contributed by atoms with E-state index in [1.54, 1.807) is 13.8 Å². The molecule has 1 saturated heterocycles. The Bertz CT molecular complexity index is 921. The molecule has 8 heteroatoms. The van der Waals surface area contributed by atoms with Crippen molar-refractivity contribution < 1.29 is 17.7 Å². The van der Waals surface area contributed by atoms with E-state index >= 15 is 0 Å². The number of carbonyl (C=O) groups excluding carboxylic acids is 1. The van der Waals surface area contributed by atoms with Crippen LogP contribution in [0.4, 0.5) is 0 Å². The molecular weight excluding hydrogens is 390 g/mol. The van der Waals surface area contributed by atoms with E-state index in [4.69, 9.17) is 4.52 Å². The Kier molecular flexibility index (Phi) is 6.74. The minimum atomic E-state index is -3.72. The topological polar surface area (TPSA) is 92.5 Å². The summed E-state index contributed by atoms with van der Waals surface area (Å²) in [5, 5.41) is 6.81. The van der Waals surface area contributed by atoms with Crippen molar-refractivity contribution in [3.63, 3.8) is 0 Å². The molecule has 1 aromatic heterocycles. The van der Waals surface area contributed by atoms with Crippen LogP contribution in [0.5, 0.6) is 0 Å². The van der Waals surface area contributed by atoms with Gasteiger partial charge in [-0.05, 0) is 52.0 Å². The maximum Gasteiger partial charge on any atom is 0.248 e. The average molecular weight is 420 g/mol. The van der Waals surface area contributed by atoms with Gasteiger partial charge < -0.3 is 9.84 Å². The van der Waals surface area contributed by atoms with Crippen LogP contribution in [0.3, 0.4) is 0 Å². The first kappa shape index (κ1) is 21.5. The zero-order valence-corrected chi connectivity index (χ0v) is 18.0. The van der Waals surface area contributed by atoms with Gasteiger partial charge in [0.05, 0.1) is 5.92 Å². The van der Waals surface area contributed by atoms with Gasteiger partial charge in [-0.15, -0.1) is 0 Å². The van der Waals surface area contributed by atoms with Crippen molar-refractivity contribution >= 4 is 15.9 Å². The number of amides is 1. The standard InChI is InChI=1S/C21H29N3O4S/c1-15(11-12-18-8-5-4-6-9-18)22-21(25)19-10-7-13-24(14-19)29(26,27)20-16(2)23-28-17(20)3/h4-6,8-9,15,19H,7,10-14H2,1-3H3,(H,22,25)/t15-,19+/m1/s1. The summed E-state index contributed by atoms with van der Waals surface area (Å²) in [5.41, 5.74) is 1.59. The molecular formula is C21H29N3O4S. The second kappa shape index (κ2) is 9.09. The molecule has 0 unspecified atom stereocenters. The maximum atomic E-state index is 13.0. The number of aryl methyl sites for hydroxylation is 3. The summed E-state index contributed by atoms with van der Waals surface area (Å²) in [7, 11) is -3.72. The van der Waals surface area contributed by atoms with Crippen LogP contribution in [-0.2, 0) is 21.2 Å². The molecule has 2 heterocycles. The Hall–Kier alpha value is -2.19. The van der Waals surface area contributed by atoms with Crippen molar-refractivity contribution in [2.75, 3.05) is 13.1 Å². The molecule has 0 aliphatic carbocycles. The number of sulfonamides is 1. The van der Waals surface area contributed by atoms with E-state index in [0.717, 1.165) is 12.8 Å². The molecule has 3 rings (SSSR count). The van der Waals surface area contributed by atoms with Gasteiger partial charge in [0.2, 0.25) is 15.9 Å². The lowest BCUT2D eigenvalue weighted by molar-refractivity contribution is -0.126. The number of benzene rings is 1. The third kappa shape index (κ3) is 5.05. The highest BCUT2D eigenvalue weighted by molar-refractivity contribution is 7.89. The molecule has 1 aliphatic heterocycles. The molecule has 1 aromatic carbocycles. The summed E-state index contributed by atoms with van der Waals surface area (Å²) in [4.78, 5) is 12.9. The number of hydrogen-bond acceptors (Lipinski definition) is 5. The van der Waals surface area contributed by atoms with Crippen LogP contribution in [0, 0.1) is 19.8 Å². The van der Waals surface area contributed by atoms with Gasteiger partial charge in [0.25, 0.3) is 0 Å². The number of nitrogens with zero attached hydrogens (tertiary/aromatic N) is 2. The number of piperidine rings is 1. The molecule has 0 saturated carbocycles. The smallest absolute Gasteiger partial charge is 0.248 e. The third-order valence-corrected chi connectivity index (χ3v) is 7.53. The SMILES string of the molecule is Cc1noc(C)c1S(=O)(=O)N1CCC[C@H](C(=O)N[C@H](C)CCc2ccccc2)C1. The van der Waals surface area contributed by atoms with Crippen LogP contribution < -0.4 is 5.32 Å². The number of rotatable bonds is 7. The second-order valence-electron chi connectivity index (χ2n) is 7.79. The van der Waals surface area contributed by atoms with Crippen LogP contribution >= 0.6 is 0 Å². The summed E-state index contributed by atoms with van der Waals surface area (Å²) >= 11 is 0. The highest BCUT2D eigenvalue weighted by Crippen LogP contribution is 2.27. The van der Waals surface area contributed by atoms with Crippen molar-refractivity contribution in [1.29, 1.82) is 0 Å². The minimum Gasteiger partial charge on any atom is -0.360 e. The molecule has 1 N–H and O–H groups in total. The van der Waals surface area contributed by atoms with E-state index in [2.05, 4.69) is 22.6 Å². The van der Waals surface area contributed by atoms with Gasteiger partial charge in [0.15, 0.2) is 5.76 Å². The van der Waals surface area contributed by atoms with E-state index in [9.17, 15) is 13.2 Å². The van der Waals surface area contributed by atoms with E-state index in [1.165, 1.54) is 9.87 Å². The molecule has 1 fully saturated rings. The molecule has 0 bridgehead atoms. The fourth-order valence-corrected chi connectivity index (χ4v) is 5.62. The molecule has 1 aliphatic rings. The van der Waals surface area contributed by atoms with Gasteiger partial charge in [-0.1, -0.05) is 35.5 Å². The quantitative estimate of drug-likeness (QED) is 0.745. The largest absolute Gasteiger partial charge is 0.360 e. The Morgan fingerprint density at radius 1 is 1.31 bits per heavy atom. The summed E-state index contributed by atoms with van der Waals surface area (Å²) in [5.74, 6) is -0.147. The van der Waals surface area contributed by atoms with Crippen LogP contribution in [0.25, 0.3) is 0 Å². The molecule has 2 aromatic rings. The Morgan fingerprint density at radius 3 is 2.69 bits per heavy atom. The normalized spacial score (nSPS) is 19.1. The molecule has 0 radical (unpaired) electrons. The first-order valence-electron chi connectivity index (χ1n) is 10.1. The van der Waals surface area contributed by atoms with Crippen LogP contribution in [0.1, 0.15) is 43.2 Å². The fraction of sp³-hybridized carbons (Fsp3) is 0.524. The van der Waals surface area contributed by atoms with Gasteiger partial charge in [-0.2, -0.15) is 4.31 Å². The third-order valence-electron chi connectivity index (χ3n) is 5.42. The monoisotopic (exact) mass is 419 g/mol. The minimum absolute atomic E-state index is 0.0252. The van der Waals surface area contributed by atoms with E-state index in [-0.39, 0.29) is 35.1 Å². The van der Waals surface area contributed by atoms with Crippen molar-refractivity contribution in [2.45, 2.75) is 57.4 Å². The average Bonchev–Trinajstić information content (AvgIpc) is 3.06. The van der Waals surface area contributed by atoms with Crippen LogP contribution in [0.15, 0.2) is 39.8 Å². The maximum absolute atomic E-state index is 13.0. The van der Waals surface area contributed by atoms with Crippen molar-refractivity contribution in [2.24, 2.45) is 5.92 Å². The zero-order chi connectivity index (χ0) is 21.0. The predicted molar refractivity (Wildman–Crippen MR) is 110 cm³/mol. The molecule has 0 spiro atoms. The Labute approximate surface area is 172 Å². The predicted octanol–water partition coefficient (Wildman–Crippen LogP) is 2.83. The van der Waals surface area contributed by atoms with Gasteiger partial charge in [0, 0.05) is 19.1 Å². The Morgan fingerprint density at radius 2 is 2.03 bits per heavy atom. The van der Waals surface area contributed by atoms with E-state index < -0.39 is 10.0 Å². The number of carbonyl (C=O) groups is 1. The van der Waals surface area contributed by atoms with Crippen molar-refractivity contribution in [3.05, 3.63) is 47.3 Å². The highest BCUT2D eigenvalue weighted by atomic mass is 32.2. The highest BCUT2D eigenvalue weighted by Gasteiger charge is 2.36. The van der Waals surface area contributed by atoms with Gasteiger partial charge >= 0.3 is 0 Å². The van der Waals surface area contributed by atoms with Crippen molar-refractivity contribution in [1.82, 2.24) is 14.8 Å². The molecule has 29 heavy (non-hydrogen) atoms. The lowest BCUT2D eigenvalue weighted by atomic mass is 9.98. The number of nitrogens with one attached hydrogen (secondary N) is 1. The van der Waals surface area contributed by atoms with Crippen molar-refractivity contribution in [3.8, 4) is 0 Å². The second-order valence-corrected chi connectivity index (χ2v) is 9.66. The van der Waals surface area contributed by atoms with Crippen LogP contribution in [0.2, 0.25) is 0 Å². The zero-order valence-electron chi connectivity index (χ0n) is 17.2. The summed E-state index contributed by atoms with van der Waals surface area (Å²) in [6.45, 7) is 5.78. The molecule has 7 nitrogen and oxygen atoms in total. The molecule has 1 amide bonds. The van der Waals surface area contributed by atoms with Gasteiger partial charge in [0.1, 0.15) is 10.6 Å². The molecule has 158 valence electrons. The van der Waals surface area contributed by atoms with Gasteiger partial charge in [-0.3, -0.25) is 4.79 Å². The summed E-state index contributed by atoms with van der Waals surface area (Å²) in [6.07, 6.45) is 3.06. The summed E-state index contributed by atoms with van der Waals surface area (Å²) < 4.78 is 32.5. The summed E-state index contributed by atoms with van der Waals surface area (Å²) in [6, 6.07) is 10.2. The van der Waals surface area contributed by atoms with Crippen LogP contribution in [-0.4, -0.2) is 42.9 Å². The fourth-order valence-electron chi connectivity index (χ4n) is 3.81. The first-order chi connectivity index (χ1) is 13.8. The first-order valence-corrected chi connectivity index (χ1v) is 11.5. The number of aromatic nitrogens is 1. The van der Waals surface area contributed by atoms with E-state index in [0.29, 0.717) is 25.1 Å². The lowest BCUT2D eigenvalue weighted by Gasteiger charge is -2.31. The molecule has 2 atom stereocenters.